The van der Waals surface area contributed by atoms with Crippen LogP contribution in [0.5, 0.6) is 11.5 Å². The van der Waals surface area contributed by atoms with E-state index in [4.69, 9.17) is 13.9 Å². The topological polar surface area (TPSA) is 65.7 Å². The highest BCUT2D eigenvalue weighted by molar-refractivity contribution is 5.82. The Morgan fingerprint density at radius 2 is 1.47 bits per heavy atom. The number of carbonyl (C=O) groups excluding carboxylic acids is 1. The van der Waals surface area contributed by atoms with Crippen LogP contribution in [0.2, 0.25) is 0 Å². The average Bonchev–Trinajstić information content (AvgIpc) is 2.73. The van der Waals surface area contributed by atoms with Crippen molar-refractivity contribution in [3.8, 4) is 22.6 Å². The van der Waals surface area contributed by atoms with E-state index in [0.717, 1.165) is 22.1 Å². The van der Waals surface area contributed by atoms with Crippen LogP contribution in [0.15, 0.2) is 82.0 Å². The summed E-state index contributed by atoms with van der Waals surface area (Å²) in [6, 6.07) is 22.1. The summed E-state index contributed by atoms with van der Waals surface area (Å²) in [5.74, 6) is 0.314. The number of aryl methyl sites for hydroxylation is 2. The van der Waals surface area contributed by atoms with Crippen molar-refractivity contribution in [1.82, 2.24) is 0 Å². The lowest BCUT2D eigenvalue weighted by Crippen LogP contribution is -2.17. The number of rotatable bonds is 5. The fourth-order valence-corrected chi connectivity index (χ4v) is 3.16. The monoisotopic (exact) mass is 400 g/mol. The Bertz CT molecular complexity index is 1250. The number of hydrogen-bond acceptors (Lipinski definition) is 5. The van der Waals surface area contributed by atoms with Crippen LogP contribution in [0, 0.1) is 13.8 Å². The van der Waals surface area contributed by atoms with Gasteiger partial charge in [-0.15, -0.1) is 0 Å². The molecule has 150 valence electrons. The Hall–Kier alpha value is -3.86. The zero-order valence-electron chi connectivity index (χ0n) is 16.7. The molecular weight excluding hydrogens is 380 g/mol. The molecule has 0 aliphatic rings. The Morgan fingerprint density at radius 1 is 0.833 bits per heavy atom. The molecule has 0 radical (unpaired) electrons. The van der Waals surface area contributed by atoms with Gasteiger partial charge in [0.05, 0.1) is 0 Å². The van der Waals surface area contributed by atoms with Gasteiger partial charge in [0.1, 0.15) is 17.1 Å². The second-order valence-corrected chi connectivity index (χ2v) is 7.06. The molecule has 0 atom stereocenters. The van der Waals surface area contributed by atoms with E-state index in [1.54, 1.807) is 12.1 Å². The summed E-state index contributed by atoms with van der Waals surface area (Å²) in [6.45, 7) is 3.64. The van der Waals surface area contributed by atoms with Gasteiger partial charge in [-0.25, -0.2) is 9.59 Å². The molecule has 0 N–H and O–H groups in total. The van der Waals surface area contributed by atoms with Crippen LogP contribution in [0.25, 0.3) is 22.1 Å². The molecule has 4 rings (SSSR count). The summed E-state index contributed by atoms with van der Waals surface area (Å²) in [6.07, 6.45) is 0. The van der Waals surface area contributed by atoms with E-state index < -0.39 is 11.6 Å². The van der Waals surface area contributed by atoms with Gasteiger partial charge in [0.2, 0.25) is 0 Å². The summed E-state index contributed by atoms with van der Waals surface area (Å²) in [7, 11) is 0. The molecule has 0 saturated carbocycles. The van der Waals surface area contributed by atoms with Gasteiger partial charge in [-0.3, -0.25) is 0 Å². The van der Waals surface area contributed by atoms with Gasteiger partial charge in [-0.1, -0.05) is 42.0 Å². The number of esters is 1. The van der Waals surface area contributed by atoms with Crippen molar-refractivity contribution < 1.29 is 18.7 Å². The molecule has 1 heterocycles. The third kappa shape index (κ3) is 4.41. The lowest BCUT2D eigenvalue weighted by atomic mass is 10.0. The van der Waals surface area contributed by atoms with Crippen LogP contribution < -0.4 is 15.1 Å². The minimum atomic E-state index is -0.549. The predicted octanol–water partition coefficient (Wildman–Crippen LogP) is 5.06. The molecule has 0 saturated heterocycles. The number of carbonyl (C=O) groups is 1. The number of benzene rings is 3. The average molecular weight is 400 g/mol. The van der Waals surface area contributed by atoms with E-state index in [0.29, 0.717) is 17.1 Å². The molecule has 0 bridgehead atoms. The Labute approximate surface area is 173 Å². The number of fused-ring (bicyclic) bond motifs is 1. The van der Waals surface area contributed by atoms with Crippen LogP contribution in [-0.2, 0) is 4.79 Å². The van der Waals surface area contributed by atoms with Crippen LogP contribution in [0.1, 0.15) is 11.1 Å². The number of hydrogen-bond donors (Lipinski definition) is 0. The molecule has 0 spiro atoms. The van der Waals surface area contributed by atoms with E-state index in [-0.39, 0.29) is 6.61 Å². The highest BCUT2D eigenvalue weighted by Gasteiger charge is 2.09. The first-order chi connectivity index (χ1) is 14.5. The van der Waals surface area contributed by atoms with E-state index in [9.17, 15) is 9.59 Å². The maximum Gasteiger partial charge on any atom is 0.349 e. The molecule has 1 aromatic heterocycles. The Kier molecular flexibility index (Phi) is 5.35. The van der Waals surface area contributed by atoms with Crippen LogP contribution in [0.4, 0.5) is 0 Å². The first kappa shape index (κ1) is 19.5. The summed E-state index contributed by atoms with van der Waals surface area (Å²) in [4.78, 5) is 23.7. The summed E-state index contributed by atoms with van der Waals surface area (Å²) in [5.41, 5.74) is 4.12. The smallest absolute Gasteiger partial charge is 0.349 e. The highest BCUT2D eigenvalue weighted by Crippen LogP contribution is 2.24. The van der Waals surface area contributed by atoms with E-state index >= 15 is 0 Å². The maximum atomic E-state index is 12.1. The largest absolute Gasteiger partial charge is 0.482 e. The Balaban J connectivity index is 1.38. The molecule has 4 aromatic rings. The predicted molar refractivity (Wildman–Crippen MR) is 115 cm³/mol. The van der Waals surface area contributed by atoms with Gasteiger partial charge in [-0.2, -0.15) is 0 Å². The lowest BCUT2D eigenvalue weighted by molar-refractivity contribution is -0.136. The quantitative estimate of drug-likeness (QED) is 0.266. The van der Waals surface area contributed by atoms with E-state index in [2.05, 4.69) is 31.2 Å². The van der Waals surface area contributed by atoms with Crippen LogP contribution in [0.3, 0.4) is 0 Å². The lowest BCUT2D eigenvalue weighted by Gasteiger charge is -2.09. The van der Waals surface area contributed by atoms with Gasteiger partial charge in [0.15, 0.2) is 6.61 Å². The Morgan fingerprint density at radius 3 is 2.17 bits per heavy atom. The second-order valence-electron chi connectivity index (χ2n) is 7.06. The second kappa shape index (κ2) is 8.25. The molecule has 5 heteroatoms. The molecule has 0 unspecified atom stereocenters. The first-order valence-corrected chi connectivity index (χ1v) is 9.53. The maximum absolute atomic E-state index is 12.1. The fraction of sp³-hybridized carbons (Fsp3) is 0.120. The molecule has 3 aromatic carbocycles. The minimum absolute atomic E-state index is 0.236. The van der Waals surface area contributed by atoms with Gasteiger partial charge in [0, 0.05) is 17.5 Å². The zero-order chi connectivity index (χ0) is 21.1. The van der Waals surface area contributed by atoms with Gasteiger partial charge < -0.3 is 13.9 Å². The van der Waals surface area contributed by atoms with Gasteiger partial charge in [0.25, 0.3) is 0 Å². The van der Waals surface area contributed by atoms with E-state index in [1.807, 2.05) is 31.2 Å². The van der Waals surface area contributed by atoms with Crippen molar-refractivity contribution in [2.24, 2.45) is 0 Å². The van der Waals surface area contributed by atoms with Crippen molar-refractivity contribution in [3.05, 3.63) is 94.3 Å². The van der Waals surface area contributed by atoms with Gasteiger partial charge in [-0.05, 0) is 54.8 Å². The molecular formula is C25H20O5. The fourth-order valence-electron chi connectivity index (χ4n) is 3.16. The third-order valence-corrected chi connectivity index (χ3v) is 4.75. The summed E-state index contributed by atoms with van der Waals surface area (Å²) < 4.78 is 16.0. The molecule has 0 amide bonds. The first-order valence-electron chi connectivity index (χ1n) is 9.53. The molecule has 30 heavy (non-hydrogen) atoms. The standard InChI is InChI=1S/C25H20O5/c1-16-3-5-18(6-4-16)19-7-9-20(10-8-19)28-15-25(27)29-21-11-12-22-17(2)13-24(26)30-23(22)14-21/h3-14H,15H2,1-2H3. The molecule has 0 fully saturated rings. The minimum Gasteiger partial charge on any atom is -0.482 e. The highest BCUT2D eigenvalue weighted by atomic mass is 16.6. The van der Waals surface area contributed by atoms with E-state index in [1.165, 1.54) is 17.7 Å². The van der Waals surface area contributed by atoms with Crippen molar-refractivity contribution in [2.75, 3.05) is 6.61 Å². The number of ether oxygens (including phenoxy) is 2. The SMILES string of the molecule is Cc1ccc(-c2ccc(OCC(=O)Oc3ccc4c(C)cc(=O)oc4c3)cc2)cc1. The van der Waals surface area contributed by atoms with Gasteiger partial charge >= 0.3 is 11.6 Å². The zero-order valence-corrected chi connectivity index (χ0v) is 16.7. The summed E-state index contributed by atoms with van der Waals surface area (Å²) in [5, 5.41) is 0.791. The normalized spacial score (nSPS) is 10.7. The van der Waals surface area contributed by atoms with Crippen LogP contribution >= 0.6 is 0 Å². The van der Waals surface area contributed by atoms with Crippen molar-refractivity contribution in [1.29, 1.82) is 0 Å². The summed E-state index contributed by atoms with van der Waals surface area (Å²) >= 11 is 0. The van der Waals surface area contributed by atoms with Crippen molar-refractivity contribution >= 4 is 16.9 Å². The molecule has 0 aliphatic heterocycles. The van der Waals surface area contributed by atoms with Crippen molar-refractivity contribution in [3.63, 3.8) is 0 Å². The molecule has 0 aliphatic carbocycles. The third-order valence-electron chi connectivity index (χ3n) is 4.75. The van der Waals surface area contributed by atoms with Crippen molar-refractivity contribution in [2.45, 2.75) is 13.8 Å². The van der Waals surface area contributed by atoms with Crippen LogP contribution in [-0.4, -0.2) is 12.6 Å². The molecule has 5 nitrogen and oxygen atoms in total.